The first-order valence-corrected chi connectivity index (χ1v) is 6.72. The van der Waals surface area contributed by atoms with E-state index in [1.165, 1.54) is 17.7 Å². The fraction of sp³-hybridized carbons (Fsp3) is 0.188. The first-order valence-electron chi connectivity index (χ1n) is 6.72. The molecule has 0 unspecified atom stereocenters. The Morgan fingerprint density at radius 3 is 2.76 bits per heavy atom. The second-order valence-corrected chi connectivity index (χ2v) is 4.74. The summed E-state index contributed by atoms with van der Waals surface area (Å²) in [7, 11) is 0. The highest BCUT2D eigenvalue weighted by Gasteiger charge is 2.05. The second-order valence-electron chi connectivity index (χ2n) is 4.74. The third-order valence-electron chi connectivity index (χ3n) is 3.19. The van der Waals surface area contributed by atoms with Crippen LogP contribution in [0.25, 0.3) is 0 Å². The summed E-state index contributed by atoms with van der Waals surface area (Å²) in [4.78, 5) is 0. The molecule has 0 radical (unpaired) electrons. The van der Waals surface area contributed by atoms with Gasteiger partial charge in [-0.05, 0) is 47.9 Å². The van der Waals surface area contributed by atoms with Gasteiger partial charge >= 0.3 is 0 Å². The zero-order valence-electron chi connectivity index (χ0n) is 11.8. The van der Waals surface area contributed by atoms with Gasteiger partial charge in [-0.25, -0.2) is 4.39 Å². The number of benzene rings is 2. The quantitative estimate of drug-likeness (QED) is 0.342. The summed E-state index contributed by atoms with van der Waals surface area (Å²) in [6.45, 7) is 2.55. The van der Waals surface area contributed by atoms with Crippen molar-refractivity contribution in [2.45, 2.75) is 19.9 Å². The number of oxime groups is 1. The third kappa shape index (κ3) is 3.95. The summed E-state index contributed by atoms with van der Waals surface area (Å²) in [5.74, 6) is -0.526. The van der Waals surface area contributed by atoms with Crippen LogP contribution in [0.3, 0.4) is 0 Å². The Balaban J connectivity index is 2.14. The lowest BCUT2D eigenvalue weighted by Crippen LogP contribution is -2.14. The highest BCUT2D eigenvalue weighted by Crippen LogP contribution is 2.14. The van der Waals surface area contributed by atoms with Gasteiger partial charge in [-0.1, -0.05) is 24.2 Å². The predicted octanol–water partition coefficient (Wildman–Crippen LogP) is 3.09. The summed E-state index contributed by atoms with van der Waals surface area (Å²) in [5.41, 5.74) is 8.78. The van der Waals surface area contributed by atoms with E-state index in [1.54, 1.807) is 6.07 Å². The van der Waals surface area contributed by atoms with Crippen molar-refractivity contribution >= 4 is 11.5 Å². The number of aryl methyl sites for hydroxylation is 1. The normalized spacial score (nSPS) is 11.4. The minimum atomic E-state index is -0.418. The van der Waals surface area contributed by atoms with Crippen LogP contribution in [0.1, 0.15) is 23.6 Å². The second kappa shape index (κ2) is 6.74. The minimum Gasteiger partial charge on any atom is -0.409 e. The predicted molar refractivity (Wildman–Crippen MR) is 82.1 cm³/mol. The molecule has 0 aliphatic carbocycles. The molecule has 0 saturated carbocycles. The molecule has 110 valence electrons. The van der Waals surface area contributed by atoms with Crippen LogP contribution < -0.4 is 11.1 Å². The molecule has 2 aromatic rings. The lowest BCUT2D eigenvalue weighted by Gasteiger charge is -2.09. The van der Waals surface area contributed by atoms with Crippen molar-refractivity contribution in [3.63, 3.8) is 0 Å². The number of halogens is 1. The van der Waals surface area contributed by atoms with E-state index in [9.17, 15) is 4.39 Å². The molecule has 2 rings (SSSR count). The molecule has 0 aliphatic rings. The summed E-state index contributed by atoms with van der Waals surface area (Å²) in [6, 6.07) is 12.4. The molecule has 0 aromatic heterocycles. The standard InChI is InChI=1S/C16H18FN3O/c1-2-11-4-3-5-15(8-11)19-10-12-6-13(16(18)20-21)9-14(17)7-12/h3-9,19,21H,2,10H2,1H3,(H2,18,20). The van der Waals surface area contributed by atoms with Gasteiger partial charge in [0.25, 0.3) is 0 Å². The Bertz CT molecular complexity index is 656. The summed E-state index contributed by atoms with van der Waals surface area (Å²) in [6.07, 6.45) is 0.961. The van der Waals surface area contributed by atoms with E-state index < -0.39 is 5.82 Å². The van der Waals surface area contributed by atoms with E-state index >= 15 is 0 Å². The maximum absolute atomic E-state index is 13.5. The molecule has 0 aliphatic heterocycles. The zero-order chi connectivity index (χ0) is 15.2. The highest BCUT2D eigenvalue weighted by molar-refractivity contribution is 5.97. The number of nitrogens with two attached hydrogens (primary N) is 1. The number of nitrogens with zero attached hydrogens (tertiary/aromatic N) is 1. The summed E-state index contributed by atoms with van der Waals surface area (Å²) < 4.78 is 13.5. The summed E-state index contributed by atoms with van der Waals surface area (Å²) in [5, 5.41) is 14.8. The maximum Gasteiger partial charge on any atom is 0.170 e. The Labute approximate surface area is 123 Å². The Morgan fingerprint density at radius 1 is 1.24 bits per heavy atom. The minimum absolute atomic E-state index is 0.108. The molecule has 0 saturated heterocycles. The van der Waals surface area contributed by atoms with E-state index in [-0.39, 0.29) is 5.84 Å². The first-order chi connectivity index (χ1) is 10.1. The van der Waals surface area contributed by atoms with E-state index in [1.807, 2.05) is 12.1 Å². The van der Waals surface area contributed by atoms with E-state index in [0.717, 1.165) is 17.7 Å². The fourth-order valence-electron chi connectivity index (χ4n) is 2.06. The van der Waals surface area contributed by atoms with Crippen molar-refractivity contribution in [1.82, 2.24) is 0 Å². The summed E-state index contributed by atoms with van der Waals surface area (Å²) >= 11 is 0. The Morgan fingerprint density at radius 2 is 2.05 bits per heavy atom. The smallest absolute Gasteiger partial charge is 0.170 e. The van der Waals surface area contributed by atoms with Crippen LogP contribution in [-0.2, 0) is 13.0 Å². The molecule has 5 heteroatoms. The van der Waals surface area contributed by atoms with Crippen LogP contribution in [0.2, 0.25) is 0 Å². The van der Waals surface area contributed by atoms with Crippen LogP contribution in [0.4, 0.5) is 10.1 Å². The Kier molecular flexibility index (Phi) is 4.77. The van der Waals surface area contributed by atoms with Crippen LogP contribution in [0.15, 0.2) is 47.6 Å². The van der Waals surface area contributed by atoms with Crippen molar-refractivity contribution in [2.24, 2.45) is 10.9 Å². The molecule has 0 fully saturated rings. The lowest BCUT2D eigenvalue weighted by molar-refractivity contribution is 0.318. The topological polar surface area (TPSA) is 70.6 Å². The maximum atomic E-state index is 13.5. The molecule has 21 heavy (non-hydrogen) atoms. The van der Waals surface area contributed by atoms with Gasteiger partial charge in [0, 0.05) is 17.8 Å². The van der Waals surface area contributed by atoms with Gasteiger partial charge in [-0.15, -0.1) is 0 Å². The molecule has 4 nitrogen and oxygen atoms in total. The fourth-order valence-corrected chi connectivity index (χ4v) is 2.06. The molecule has 0 bridgehead atoms. The van der Waals surface area contributed by atoms with Crippen LogP contribution >= 0.6 is 0 Å². The zero-order valence-corrected chi connectivity index (χ0v) is 11.8. The van der Waals surface area contributed by atoms with Crippen molar-refractivity contribution in [3.05, 3.63) is 65.0 Å². The van der Waals surface area contributed by atoms with Gasteiger partial charge < -0.3 is 16.3 Å². The van der Waals surface area contributed by atoms with Gasteiger partial charge in [0.1, 0.15) is 5.82 Å². The number of rotatable bonds is 5. The lowest BCUT2D eigenvalue weighted by atomic mass is 10.1. The largest absolute Gasteiger partial charge is 0.409 e. The van der Waals surface area contributed by atoms with Gasteiger partial charge in [0.2, 0.25) is 0 Å². The number of hydrogen-bond acceptors (Lipinski definition) is 3. The average molecular weight is 287 g/mol. The molecular formula is C16H18FN3O. The van der Waals surface area contributed by atoms with Gasteiger partial charge in [0.05, 0.1) is 0 Å². The van der Waals surface area contributed by atoms with Crippen LogP contribution in [0.5, 0.6) is 0 Å². The van der Waals surface area contributed by atoms with Gasteiger partial charge in [0.15, 0.2) is 5.84 Å². The van der Waals surface area contributed by atoms with Gasteiger partial charge in [-0.3, -0.25) is 0 Å². The Hall–Kier alpha value is -2.56. The van der Waals surface area contributed by atoms with E-state index in [0.29, 0.717) is 12.1 Å². The molecule has 4 N–H and O–H groups in total. The van der Waals surface area contributed by atoms with Crippen LogP contribution in [0, 0.1) is 5.82 Å². The first kappa shape index (κ1) is 14.8. The van der Waals surface area contributed by atoms with E-state index in [2.05, 4.69) is 29.5 Å². The molecule has 0 atom stereocenters. The third-order valence-corrected chi connectivity index (χ3v) is 3.19. The number of nitrogens with one attached hydrogen (secondary N) is 1. The van der Waals surface area contributed by atoms with Crippen molar-refractivity contribution in [1.29, 1.82) is 0 Å². The monoisotopic (exact) mass is 287 g/mol. The van der Waals surface area contributed by atoms with Crippen molar-refractivity contribution in [3.8, 4) is 0 Å². The SMILES string of the molecule is CCc1cccc(NCc2cc(F)cc(/C(N)=N/O)c2)c1. The molecule has 0 spiro atoms. The number of amidine groups is 1. The molecular weight excluding hydrogens is 269 g/mol. The average Bonchev–Trinajstić information content (AvgIpc) is 2.51. The van der Waals surface area contributed by atoms with E-state index in [4.69, 9.17) is 10.9 Å². The highest BCUT2D eigenvalue weighted by atomic mass is 19.1. The van der Waals surface area contributed by atoms with Crippen molar-refractivity contribution < 1.29 is 9.60 Å². The van der Waals surface area contributed by atoms with Gasteiger partial charge in [-0.2, -0.15) is 0 Å². The molecule has 0 amide bonds. The number of anilines is 1. The van der Waals surface area contributed by atoms with Crippen LogP contribution in [-0.4, -0.2) is 11.0 Å². The van der Waals surface area contributed by atoms with Crippen molar-refractivity contribution in [2.75, 3.05) is 5.32 Å². The molecule has 0 heterocycles. The number of hydrogen-bond donors (Lipinski definition) is 3. The molecule has 2 aromatic carbocycles.